The molecule has 0 aliphatic rings. The van der Waals surface area contributed by atoms with Crippen LogP contribution in [0.15, 0.2) is 18.2 Å². The van der Waals surface area contributed by atoms with Crippen LogP contribution in [0.4, 0.5) is 4.39 Å². The Labute approximate surface area is 101 Å². The van der Waals surface area contributed by atoms with Crippen molar-refractivity contribution in [3.05, 3.63) is 35.1 Å². The van der Waals surface area contributed by atoms with E-state index < -0.39 is 5.82 Å². The SMILES string of the molecule is CC(CCO)CNCc1ccc(F)c(C#N)c1. The molecule has 92 valence electrons. The van der Waals surface area contributed by atoms with Crippen molar-refractivity contribution in [2.24, 2.45) is 5.92 Å². The summed E-state index contributed by atoms with van der Waals surface area (Å²) >= 11 is 0. The van der Waals surface area contributed by atoms with Crippen LogP contribution < -0.4 is 5.32 Å². The number of nitrogens with zero attached hydrogens (tertiary/aromatic N) is 1. The zero-order valence-corrected chi connectivity index (χ0v) is 9.91. The number of nitrogens with one attached hydrogen (secondary N) is 1. The highest BCUT2D eigenvalue weighted by Crippen LogP contribution is 2.09. The number of hydrogen-bond acceptors (Lipinski definition) is 3. The van der Waals surface area contributed by atoms with E-state index >= 15 is 0 Å². The summed E-state index contributed by atoms with van der Waals surface area (Å²) in [5.74, 6) is -0.0826. The number of halogens is 1. The minimum atomic E-state index is -0.482. The predicted molar refractivity (Wildman–Crippen MR) is 63.7 cm³/mol. The zero-order chi connectivity index (χ0) is 12.7. The summed E-state index contributed by atoms with van der Waals surface area (Å²) in [4.78, 5) is 0. The Balaban J connectivity index is 2.45. The zero-order valence-electron chi connectivity index (χ0n) is 9.91. The topological polar surface area (TPSA) is 56.0 Å². The summed E-state index contributed by atoms with van der Waals surface area (Å²) in [5.41, 5.74) is 0.965. The van der Waals surface area contributed by atoms with Gasteiger partial charge in [0.15, 0.2) is 0 Å². The Bertz CT molecular complexity index is 401. The molecule has 0 amide bonds. The second-order valence-corrected chi connectivity index (χ2v) is 4.17. The molecule has 0 aromatic heterocycles. The van der Waals surface area contributed by atoms with Gasteiger partial charge in [0.1, 0.15) is 11.9 Å². The molecule has 1 atom stereocenters. The van der Waals surface area contributed by atoms with Gasteiger partial charge in [-0.25, -0.2) is 4.39 Å². The molecule has 1 unspecified atom stereocenters. The molecule has 2 N–H and O–H groups in total. The number of nitriles is 1. The Hall–Kier alpha value is -1.44. The number of aliphatic hydroxyl groups excluding tert-OH is 1. The van der Waals surface area contributed by atoms with Crippen LogP contribution in [0.2, 0.25) is 0 Å². The average Bonchev–Trinajstić information content (AvgIpc) is 2.31. The molecular weight excluding hydrogens is 219 g/mol. The van der Waals surface area contributed by atoms with Crippen LogP contribution >= 0.6 is 0 Å². The number of aliphatic hydroxyl groups is 1. The van der Waals surface area contributed by atoms with E-state index in [0.717, 1.165) is 18.5 Å². The summed E-state index contributed by atoms with van der Waals surface area (Å²) in [5, 5.41) is 20.6. The van der Waals surface area contributed by atoms with Crippen molar-refractivity contribution in [1.82, 2.24) is 5.32 Å². The summed E-state index contributed by atoms with van der Waals surface area (Å²) in [6.45, 7) is 3.64. The molecule has 3 nitrogen and oxygen atoms in total. The molecule has 1 aromatic rings. The molecule has 1 rings (SSSR count). The monoisotopic (exact) mass is 236 g/mol. The third-order valence-electron chi connectivity index (χ3n) is 2.60. The van der Waals surface area contributed by atoms with Gasteiger partial charge in [-0.05, 0) is 36.6 Å². The first-order valence-electron chi connectivity index (χ1n) is 5.67. The van der Waals surface area contributed by atoms with Gasteiger partial charge in [-0.2, -0.15) is 5.26 Å². The lowest BCUT2D eigenvalue weighted by atomic mass is 10.1. The van der Waals surface area contributed by atoms with E-state index in [2.05, 4.69) is 12.2 Å². The maximum Gasteiger partial charge on any atom is 0.140 e. The van der Waals surface area contributed by atoms with Crippen LogP contribution in [-0.2, 0) is 6.54 Å². The quantitative estimate of drug-likeness (QED) is 0.792. The lowest BCUT2D eigenvalue weighted by molar-refractivity contribution is 0.260. The second kappa shape index (κ2) is 7.00. The highest BCUT2D eigenvalue weighted by molar-refractivity contribution is 5.34. The van der Waals surface area contributed by atoms with E-state index in [-0.39, 0.29) is 12.2 Å². The summed E-state index contributed by atoms with van der Waals surface area (Å²) in [6, 6.07) is 6.35. The molecule has 0 fully saturated rings. The van der Waals surface area contributed by atoms with E-state index in [9.17, 15) is 4.39 Å². The van der Waals surface area contributed by atoms with Crippen LogP contribution in [0.5, 0.6) is 0 Å². The van der Waals surface area contributed by atoms with Crippen LogP contribution in [0.1, 0.15) is 24.5 Å². The van der Waals surface area contributed by atoms with Gasteiger partial charge in [-0.15, -0.1) is 0 Å². The maximum atomic E-state index is 13.1. The molecule has 0 radical (unpaired) electrons. The van der Waals surface area contributed by atoms with Crippen molar-refractivity contribution in [3.8, 4) is 6.07 Å². The Morgan fingerprint density at radius 2 is 2.29 bits per heavy atom. The van der Waals surface area contributed by atoms with Gasteiger partial charge in [0.05, 0.1) is 5.56 Å². The maximum absolute atomic E-state index is 13.1. The van der Waals surface area contributed by atoms with Crippen molar-refractivity contribution in [2.75, 3.05) is 13.2 Å². The Morgan fingerprint density at radius 3 is 2.94 bits per heavy atom. The van der Waals surface area contributed by atoms with Crippen molar-refractivity contribution in [2.45, 2.75) is 19.9 Å². The molecule has 0 saturated heterocycles. The van der Waals surface area contributed by atoms with Crippen molar-refractivity contribution in [3.63, 3.8) is 0 Å². The fourth-order valence-electron chi connectivity index (χ4n) is 1.55. The normalized spacial score (nSPS) is 12.1. The number of hydrogen-bond donors (Lipinski definition) is 2. The predicted octanol–water partition coefficient (Wildman–Crippen LogP) is 1.81. The fraction of sp³-hybridized carbons (Fsp3) is 0.462. The molecule has 0 saturated carbocycles. The van der Waals surface area contributed by atoms with Gasteiger partial charge < -0.3 is 10.4 Å². The molecule has 0 aliphatic heterocycles. The molecular formula is C13H17FN2O. The Morgan fingerprint density at radius 1 is 1.53 bits per heavy atom. The third-order valence-corrected chi connectivity index (χ3v) is 2.60. The number of rotatable bonds is 6. The summed E-state index contributed by atoms with van der Waals surface area (Å²) < 4.78 is 13.1. The first kappa shape index (κ1) is 13.6. The third kappa shape index (κ3) is 4.51. The van der Waals surface area contributed by atoms with Crippen molar-refractivity contribution < 1.29 is 9.50 Å². The molecule has 0 aliphatic carbocycles. The van der Waals surface area contributed by atoms with E-state index in [4.69, 9.17) is 10.4 Å². The average molecular weight is 236 g/mol. The van der Waals surface area contributed by atoms with Gasteiger partial charge in [0.25, 0.3) is 0 Å². The van der Waals surface area contributed by atoms with Crippen LogP contribution in [-0.4, -0.2) is 18.3 Å². The minimum absolute atomic E-state index is 0.0766. The number of benzene rings is 1. The van der Waals surface area contributed by atoms with E-state index in [1.54, 1.807) is 12.1 Å². The summed E-state index contributed by atoms with van der Waals surface area (Å²) in [6.07, 6.45) is 0.764. The lowest BCUT2D eigenvalue weighted by Gasteiger charge is -2.11. The molecule has 0 spiro atoms. The smallest absolute Gasteiger partial charge is 0.140 e. The van der Waals surface area contributed by atoms with E-state index in [0.29, 0.717) is 12.5 Å². The molecule has 4 heteroatoms. The van der Waals surface area contributed by atoms with Gasteiger partial charge in [0, 0.05) is 13.2 Å². The lowest BCUT2D eigenvalue weighted by Crippen LogP contribution is -2.21. The highest BCUT2D eigenvalue weighted by atomic mass is 19.1. The molecule has 17 heavy (non-hydrogen) atoms. The molecule has 0 bridgehead atoms. The molecule has 1 aromatic carbocycles. The van der Waals surface area contributed by atoms with Crippen LogP contribution in [0, 0.1) is 23.1 Å². The van der Waals surface area contributed by atoms with Crippen LogP contribution in [0.25, 0.3) is 0 Å². The minimum Gasteiger partial charge on any atom is -0.396 e. The van der Waals surface area contributed by atoms with Crippen LogP contribution in [0.3, 0.4) is 0 Å². The first-order chi connectivity index (χ1) is 8.17. The van der Waals surface area contributed by atoms with Gasteiger partial charge in [-0.3, -0.25) is 0 Å². The van der Waals surface area contributed by atoms with Gasteiger partial charge in [-0.1, -0.05) is 13.0 Å². The highest BCUT2D eigenvalue weighted by Gasteiger charge is 2.04. The van der Waals surface area contributed by atoms with Gasteiger partial charge >= 0.3 is 0 Å². The first-order valence-corrected chi connectivity index (χ1v) is 5.67. The fourth-order valence-corrected chi connectivity index (χ4v) is 1.55. The standard InChI is InChI=1S/C13H17FN2O/c1-10(4-5-17)8-16-9-11-2-3-13(14)12(6-11)7-15/h2-3,6,10,16-17H,4-5,8-9H2,1H3. The largest absolute Gasteiger partial charge is 0.396 e. The van der Waals surface area contributed by atoms with E-state index in [1.807, 2.05) is 6.07 Å². The molecule has 0 heterocycles. The van der Waals surface area contributed by atoms with Gasteiger partial charge in [0.2, 0.25) is 0 Å². The van der Waals surface area contributed by atoms with Crippen molar-refractivity contribution >= 4 is 0 Å². The Kier molecular flexibility index (Phi) is 5.61. The second-order valence-electron chi connectivity index (χ2n) is 4.17. The van der Waals surface area contributed by atoms with Crippen molar-refractivity contribution in [1.29, 1.82) is 5.26 Å². The summed E-state index contributed by atoms with van der Waals surface area (Å²) in [7, 11) is 0. The van der Waals surface area contributed by atoms with E-state index in [1.165, 1.54) is 6.07 Å².